The maximum Gasteiger partial charge on any atom is 0.330 e. The van der Waals surface area contributed by atoms with E-state index in [0.29, 0.717) is 29.2 Å². The largest absolute Gasteiger partial charge is 0.464 e. The normalized spacial score (nSPS) is 12.2. The molecular weight excluding hydrogens is 630 g/mol. The highest BCUT2D eigenvalue weighted by atomic mass is 32.2. The number of benzene rings is 3. The molecule has 0 aromatic heterocycles. The van der Waals surface area contributed by atoms with Gasteiger partial charge in [-0.1, -0.05) is 55.8 Å². The lowest BCUT2D eigenvalue weighted by atomic mass is 10.0. The minimum atomic E-state index is -3.84. The number of carbonyl (C=O) groups is 3. The van der Waals surface area contributed by atoms with Crippen LogP contribution in [0.25, 0.3) is 11.1 Å². The van der Waals surface area contributed by atoms with Crippen LogP contribution in [-0.4, -0.2) is 56.0 Å². The smallest absolute Gasteiger partial charge is 0.330 e. The number of anilines is 1. The summed E-state index contributed by atoms with van der Waals surface area (Å²) < 4.78 is 61.6. The molecule has 3 aromatic rings. The molecule has 3 rings (SSSR count). The third-order valence-electron chi connectivity index (χ3n) is 6.87. The van der Waals surface area contributed by atoms with Gasteiger partial charge in [-0.15, -0.1) is 0 Å². The molecule has 0 spiro atoms. The van der Waals surface area contributed by atoms with Crippen LogP contribution < -0.4 is 15.4 Å². The first-order chi connectivity index (χ1) is 22.1. The molecule has 254 valence electrons. The molecule has 1 unspecified atom stereocenters. The second-order valence-electron chi connectivity index (χ2n) is 11.9. The van der Waals surface area contributed by atoms with Crippen molar-refractivity contribution in [3.05, 3.63) is 83.9 Å². The van der Waals surface area contributed by atoms with Gasteiger partial charge in [-0.25, -0.2) is 31.5 Å². The minimum absolute atomic E-state index is 0.0201. The molecule has 0 radical (unpaired) electrons. The van der Waals surface area contributed by atoms with Crippen LogP contribution >= 0.6 is 0 Å². The molecular formula is C34H42F2N4O6S. The number of carbonyl (C=O) groups excluding carboxylic acids is 3. The van der Waals surface area contributed by atoms with E-state index >= 15 is 0 Å². The van der Waals surface area contributed by atoms with Crippen molar-refractivity contribution in [1.82, 2.24) is 14.9 Å². The van der Waals surface area contributed by atoms with Gasteiger partial charge in [-0.2, -0.15) is 0 Å². The van der Waals surface area contributed by atoms with Crippen molar-refractivity contribution in [2.24, 2.45) is 0 Å². The predicted octanol–water partition coefficient (Wildman–Crippen LogP) is 5.98. The Morgan fingerprint density at radius 1 is 0.957 bits per heavy atom. The summed E-state index contributed by atoms with van der Waals surface area (Å²) in [5, 5.41) is 4.76. The Morgan fingerprint density at radius 2 is 1.64 bits per heavy atom. The SMILES string of the molecule is CCCCC(=O)N(Cc1ccc(-c2ccccc2S(=O)(=O)NC(C)(C)C)cc1)C(CNC(=O)Nc1ccc(F)cc1F)C(=O)OCC. The quantitative estimate of drug-likeness (QED) is 0.181. The van der Waals surface area contributed by atoms with Crippen molar-refractivity contribution in [3.63, 3.8) is 0 Å². The number of halogens is 2. The first-order valence-corrected chi connectivity index (χ1v) is 16.8. The van der Waals surface area contributed by atoms with Crippen LogP contribution in [0.3, 0.4) is 0 Å². The van der Waals surface area contributed by atoms with Gasteiger partial charge in [0.05, 0.1) is 23.7 Å². The number of esters is 1. The van der Waals surface area contributed by atoms with Crippen LogP contribution in [0.4, 0.5) is 19.3 Å². The summed E-state index contributed by atoms with van der Waals surface area (Å²) in [7, 11) is -3.84. The van der Waals surface area contributed by atoms with Crippen molar-refractivity contribution < 1.29 is 36.3 Å². The van der Waals surface area contributed by atoms with E-state index in [9.17, 15) is 31.6 Å². The van der Waals surface area contributed by atoms with Gasteiger partial charge >= 0.3 is 12.0 Å². The van der Waals surface area contributed by atoms with Gasteiger partial charge in [-0.3, -0.25) is 4.79 Å². The second-order valence-corrected chi connectivity index (χ2v) is 13.6. The van der Waals surface area contributed by atoms with Gasteiger partial charge in [0, 0.05) is 30.1 Å². The van der Waals surface area contributed by atoms with Crippen LogP contribution in [0, 0.1) is 11.6 Å². The first-order valence-electron chi connectivity index (χ1n) is 15.3. The highest BCUT2D eigenvalue weighted by Crippen LogP contribution is 2.29. The van der Waals surface area contributed by atoms with Gasteiger partial charge < -0.3 is 20.3 Å². The lowest BCUT2D eigenvalue weighted by Gasteiger charge is -2.31. The summed E-state index contributed by atoms with van der Waals surface area (Å²) in [4.78, 5) is 40.7. The third-order valence-corrected chi connectivity index (χ3v) is 8.69. The molecule has 0 aliphatic heterocycles. The van der Waals surface area contributed by atoms with Gasteiger partial charge in [0.15, 0.2) is 0 Å². The van der Waals surface area contributed by atoms with E-state index in [1.807, 2.05) is 6.92 Å². The maximum absolute atomic E-state index is 14.1. The molecule has 13 heteroatoms. The van der Waals surface area contributed by atoms with Crippen LogP contribution in [0.2, 0.25) is 0 Å². The van der Waals surface area contributed by atoms with E-state index in [2.05, 4.69) is 15.4 Å². The number of ether oxygens (including phenoxy) is 1. The number of urea groups is 1. The standard InChI is InChI=1S/C34H42F2N4O6S/c1-6-8-13-31(41)40(29(32(42)46-7-2)21-37-33(43)38-28-19-18-25(35)20-27(28)36)22-23-14-16-24(17-15-23)26-11-9-10-12-30(26)47(44,45)39-34(3,4)5/h9-12,14-20,29,39H,6-8,13,21-22H2,1-5H3,(H2,37,38,43). The van der Waals surface area contributed by atoms with E-state index in [4.69, 9.17) is 4.74 Å². The van der Waals surface area contributed by atoms with Crippen molar-refractivity contribution in [2.75, 3.05) is 18.5 Å². The molecule has 0 aliphatic carbocycles. The van der Waals surface area contributed by atoms with Crippen LogP contribution in [-0.2, 0) is 30.9 Å². The molecule has 3 N–H and O–H groups in total. The van der Waals surface area contributed by atoms with Gasteiger partial charge in [0.25, 0.3) is 0 Å². The molecule has 3 aromatic carbocycles. The molecule has 0 saturated heterocycles. The lowest BCUT2D eigenvalue weighted by Crippen LogP contribution is -2.52. The molecule has 0 fully saturated rings. The fourth-order valence-electron chi connectivity index (χ4n) is 4.73. The van der Waals surface area contributed by atoms with E-state index in [0.717, 1.165) is 18.6 Å². The topological polar surface area (TPSA) is 134 Å². The fourth-order valence-corrected chi connectivity index (χ4v) is 6.38. The summed E-state index contributed by atoms with van der Waals surface area (Å²) in [5.41, 5.74) is 0.797. The number of nitrogens with zero attached hydrogens (tertiary/aromatic N) is 1. The molecule has 0 aliphatic rings. The highest BCUT2D eigenvalue weighted by Gasteiger charge is 2.32. The number of hydrogen-bond donors (Lipinski definition) is 3. The number of unbranched alkanes of at least 4 members (excludes halogenated alkanes) is 1. The highest BCUT2D eigenvalue weighted by molar-refractivity contribution is 7.89. The lowest BCUT2D eigenvalue weighted by molar-refractivity contribution is -0.155. The molecule has 10 nitrogen and oxygen atoms in total. The molecule has 3 amide bonds. The Bertz CT molecular complexity index is 1660. The van der Waals surface area contributed by atoms with Gasteiger partial charge in [-0.05, 0) is 63.4 Å². The number of rotatable bonds is 14. The zero-order valence-corrected chi connectivity index (χ0v) is 28.0. The van der Waals surface area contributed by atoms with Crippen molar-refractivity contribution in [3.8, 4) is 11.1 Å². The predicted molar refractivity (Wildman–Crippen MR) is 176 cm³/mol. The summed E-state index contributed by atoms with van der Waals surface area (Å²) in [6, 6.07) is 14.1. The average Bonchev–Trinajstić information content (AvgIpc) is 3.00. The Morgan fingerprint density at radius 3 is 2.26 bits per heavy atom. The molecule has 0 saturated carbocycles. The average molecular weight is 673 g/mol. The molecule has 1 atom stereocenters. The first kappa shape index (κ1) is 37.1. The summed E-state index contributed by atoms with van der Waals surface area (Å²) in [6.45, 7) is 8.47. The third kappa shape index (κ3) is 10.9. The van der Waals surface area contributed by atoms with Crippen molar-refractivity contribution in [1.29, 1.82) is 0 Å². The Labute approximate surface area is 274 Å². The minimum Gasteiger partial charge on any atom is -0.464 e. The Balaban J connectivity index is 1.89. The number of sulfonamides is 1. The van der Waals surface area contributed by atoms with Crippen LogP contribution in [0.1, 0.15) is 59.4 Å². The number of nitrogens with one attached hydrogen (secondary N) is 3. The van der Waals surface area contributed by atoms with E-state index in [1.165, 1.54) is 11.0 Å². The van der Waals surface area contributed by atoms with Crippen molar-refractivity contribution >= 4 is 33.6 Å². The summed E-state index contributed by atoms with van der Waals surface area (Å²) >= 11 is 0. The fraction of sp³-hybridized carbons (Fsp3) is 0.382. The van der Waals surface area contributed by atoms with Crippen molar-refractivity contribution in [2.45, 2.75) is 76.9 Å². The van der Waals surface area contributed by atoms with Gasteiger partial charge in [0.2, 0.25) is 15.9 Å². The molecule has 0 heterocycles. The van der Waals surface area contributed by atoms with E-state index in [-0.39, 0.29) is 42.6 Å². The van der Waals surface area contributed by atoms with E-state index < -0.39 is 45.2 Å². The molecule has 47 heavy (non-hydrogen) atoms. The number of hydrogen-bond acceptors (Lipinski definition) is 6. The summed E-state index contributed by atoms with van der Waals surface area (Å²) in [5.74, 6) is -2.87. The van der Waals surface area contributed by atoms with E-state index in [1.54, 1.807) is 70.2 Å². The monoisotopic (exact) mass is 672 g/mol. The molecule has 0 bridgehead atoms. The number of amides is 3. The maximum atomic E-state index is 14.1. The Kier molecular flexibility index (Phi) is 13.0. The van der Waals surface area contributed by atoms with Crippen LogP contribution in [0.15, 0.2) is 71.6 Å². The zero-order chi connectivity index (χ0) is 34.8. The Hall–Kier alpha value is -4.36. The van der Waals surface area contributed by atoms with Crippen LogP contribution in [0.5, 0.6) is 0 Å². The van der Waals surface area contributed by atoms with Gasteiger partial charge in [0.1, 0.15) is 17.7 Å². The summed E-state index contributed by atoms with van der Waals surface area (Å²) in [6.07, 6.45) is 1.44. The zero-order valence-electron chi connectivity index (χ0n) is 27.2. The second kappa shape index (κ2) is 16.5.